The highest BCUT2D eigenvalue weighted by atomic mass is 35.5. The minimum atomic E-state index is -1.07. The number of Topliss-reactive ketones (excluding diaryl/α,β-unsaturated/α-hetero) is 1. The summed E-state index contributed by atoms with van der Waals surface area (Å²) in [6.45, 7) is 1.95. The van der Waals surface area contributed by atoms with Gasteiger partial charge in [-0.05, 0) is 37.1 Å². The first kappa shape index (κ1) is 19.1. The normalized spacial score (nSPS) is 10.5. The first-order valence-electron chi connectivity index (χ1n) is 7.48. The van der Waals surface area contributed by atoms with E-state index in [9.17, 15) is 19.8 Å². The lowest BCUT2D eigenvalue weighted by molar-refractivity contribution is 0.0691. The predicted molar refractivity (Wildman–Crippen MR) is 95.3 cm³/mol. The van der Waals surface area contributed by atoms with E-state index in [2.05, 4.69) is 0 Å². The van der Waals surface area contributed by atoms with Gasteiger partial charge in [0.25, 0.3) is 0 Å². The molecular formula is C18H16Cl2O5. The highest BCUT2D eigenvalue weighted by Gasteiger charge is 2.15. The van der Waals surface area contributed by atoms with Gasteiger partial charge < -0.3 is 14.9 Å². The number of benzene rings is 2. The maximum absolute atomic E-state index is 12.2. The number of rotatable bonds is 7. The minimum absolute atomic E-state index is 0.0121. The van der Waals surface area contributed by atoms with Crippen LogP contribution in [0.3, 0.4) is 0 Å². The summed E-state index contributed by atoms with van der Waals surface area (Å²) in [6.07, 6.45) is 0.564. The number of ether oxygens (including phenoxy) is 1. The van der Waals surface area contributed by atoms with Gasteiger partial charge >= 0.3 is 5.97 Å². The van der Waals surface area contributed by atoms with Gasteiger partial charge in [0, 0.05) is 12.0 Å². The zero-order valence-electron chi connectivity index (χ0n) is 13.4. The number of hydrogen-bond acceptors (Lipinski definition) is 4. The molecule has 0 spiro atoms. The first-order valence-corrected chi connectivity index (χ1v) is 8.23. The zero-order chi connectivity index (χ0) is 18.6. The molecule has 0 aromatic heterocycles. The lowest BCUT2D eigenvalue weighted by Crippen LogP contribution is -2.08. The minimum Gasteiger partial charge on any atom is -0.505 e. The molecule has 0 fully saturated rings. The number of phenolic OH excluding ortho intramolecular Hbond substituents is 1. The Hall–Kier alpha value is -2.24. The summed E-state index contributed by atoms with van der Waals surface area (Å²) in [4.78, 5) is 23.4. The molecule has 0 atom stereocenters. The molecule has 132 valence electrons. The van der Waals surface area contributed by atoms with Crippen LogP contribution in [-0.2, 0) is 0 Å². The van der Waals surface area contributed by atoms with Gasteiger partial charge in [-0.2, -0.15) is 0 Å². The van der Waals surface area contributed by atoms with Crippen molar-refractivity contribution in [1.82, 2.24) is 0 Å². The van der Waals surface area contributed by atoms with Crippen molar-refractivity contribution in [2.24, 2.45) is 0 Å². The van der Waals surface area contributed by atoms with Crippen LogP contribution in [0.4, 0.5) is 0 Å². The summed E-state index contributed by atoms with van der Waals surface area (Å²) in [5, 5.41) is 18.7. The number of hydrogen-bond donors (Lipinski definition) is 2. The number of halogens is 2. The molecule has 0 saturated heterocycles. The summed E-state index contributed by atoms with van der Waals surface area (Å²) in [7, 11) is 0. The van der Waals surface area contributed by atoms with E-state index in [0.29, 0.717) is 23.3 Å². The van der Waals surface area contributed by atoms with E-state index in [1.165, 1.54) is 18.2 Å². The number of aromatic carboxylic acids is 1. The Labute approximate surface area is 154 Å². The Bertz CT molecular complexity index is 794. The van der Waals surface area contributed by atoms with Crippen LogP contribution >= 0.6 is 23.2 Å². The van der Waals surface area contributed by atoms with Crippen LogP contribution in [0.15, 0.2) is 30.3 Å². The molecule has 0 bridgehead atoms. The number of carboxylic acid groups (broad SMARTS) is 1. The highest BCUT2D eigenvalue weighted by molar-refractivity contribution is 6.37. The van der Waals surface area contributed by atoms with Crippen molar-refractivity contribution in [3.05, 3.63) is 57.1 Å². The van der Waals surface area contributed by atoms with E-state index in [4.69, 9.17) is 27.9 Å². The highest BCUT2D eigenvalue weighted by Crippen LogP contribution is 2.33. The second-order valence-corrected chi connectivity index (χ2v) is 6.23. The van der Waals surface area contributed by atoms with Gasteiger partial charge in [0.05, 0.1) is 16.7 Å². The van der Waals surface area contributed by atoms with E-state index in [1.807, 2.05) is 0 Å². The molecule has 0 heterocycles. The van der Waals surface area contributed by atoms with Gasteiger partial charge in [0.15, 0.2) is 11.5 Å². The summed E-state index contributed by atoms with van der Waals surface area (Å²) in [5.74, 6) is -1.22. The zero-order valence-corrected chi connectivity index (χ0v) is 14.9. The molecule has 0 aliphatic carbocycles. The number of phenols is 1. The number of carboxylic acids is 1. The molecule has 5 nitrogen and oxygen atoms in total. The summed E-state index contributed by atoms with van der Waals surface area (Å²) < 4.78 is 5.56. The SMILES string of the molecule is Cc1cccc(C(=O)O)c1OCCCC(=O)c1cc(Cl)c(O)c(Cl)c1. The monoisotopic (exact) mass is 382 g/mol. The average Bonchev–Trinajstić information content (AvgIpc) is 2.56. The number of aryl methyl sites for hydroxylation is 1. The van der Waals surface area contributed by atoms with Gasteiger partial charge in [0.2, 0.25) is 0 Å². The lowest BCUT2D eigenvalue weighted by Gasteiger charge is -2.11. The van der Waals surface area contributed by atoms with Crippen molar-refractivity contribution < 1.29 is 24.5 Å². The first-order chi connectivity index (χ1) is 11.8. The van der Waals surface area contributed by atoms with Crippen LogP contribution in [0.25, 0.3) is 0 Å². The largest absolute Gasteiger partial charge is 0.505 e. The standard InChI is InChI=1S/C18H16Cl2O5/c1-10-4-2-5-12(18(23)24)17(10)25-7-3-6-15(21)11-8-13(19)16(22)14(20)9-11/h2,4-5,8-9,22H,3,6-7H2,1H3,(H,23,24). The van der Waals surface area contributed by atoms with Gasteiger partial charge in [0.1, 0.15) is 11.3 Å². The maximum atomic E-state index is 12.2. The Morgan fingerprint density at radius 1 is 1.16 bits per heavy atom. The van der Waals surface area contributed by atoms with Crippen LogP contribution in [-0.4, -0.2) is 28.6 Å². The van der Waals surface area contributed by atoms with Crippen LogP contribution in [0.2, 0.25) is 10.0 Å². The smallest absolute Gasteiger partial charge is 0.339 e. The fraction of sp³-hybridized carbons (Fsp3) is 0.222. The van der Waals surface area contributed by atoms with Crippen LogP contribution in [0.5, 0.6) is 11.5 Å². The van der Waals surface area contributed by atoms with Crippen LogP contribution in [0, 0.1) is 6.92 Å². The fourth-order valence-corrected chi connectivity index (χ4v) is 2.78. The number of carbonyl (C=O) groups excluding carboxylic acids is 1. The van der Waals surface area contributed by atoms with Crippen LogP contribution in [0.1, 0.15) is 39.1 Å². The Balaban J connectivity index is 1.96. The van der Waals surface area contributed by atoms with Gasteiger partial charge in [-0.1, -0.05) is 35.3 Å². The molecule has 2 aromatic rings. The molecule has 2 aromatic carbocycles. The number of carbonyl (C=O) groups is 2. The molecule has 0 radical (unpaired) electrons. The molecule has 2 rings (SSSR count). The lowest BCUT2D eigenvalue weighted by atomic mass is 10.1. The fourth-order valence-electron chi connectivity index (χ4n) is 2.29. The van der Waals surface area contributed by atoms with E-state index in [-0.39, 0.29) is 40.2 Å². The van der Waals surface area contributed by atoms with Crippen molar-refractivity contribution in [3.63, 3.8) is 0 Å². The van der Waals surface area contributed by atoms with Gasteiger partial charge in [-0.15, -0.1) is 0 Å². The van der Waals surface area contributed by atoms with Crippen molar-refractivity contribution in [3.8, 4) is 11.5 Å². The molecule has 0 unspecified atom stereocenters. The molecule has 7 heteroatoms. The van der Waals surface area contributed by atoms with E-state index in [1.54, 1.807) is 19.1 Å². The predicted octanol–water partition coefficient (Wildman–Crippen LogP) is 4.75. The van der Waals surface area contributed by atoms with Crippen LogP contribution < -0.4 is 4.74 Å². The number of aromatic hydroxyl groups is 1. The molecule has 2 N–H and O–H groups in total. The average molecular weight is 383 g/mol. The number of para-hydroxylation sites is 1. The molecule has 0 amide bonds. The molecule has 25 heavy (non-hydrogen) atoms. The Kier molecular flexibility index (Phi) is 6.28. The quantitative estimate of drug-likeness (QED) is 0.533. The Morgan fingerprint density at radius 3 is 2.40 bits per heavy atom. The third kappa shape index (κ3) is 4.65. The number of ketones is 1. The van der Waals surface area contributed by atoms with Crippen molar-refractivity contribution in [2.45, 2.75) is 19.8 Å². The second-order valence-electron chi connectivity index (χ2n) is 5.42. The summed E-state index contributed by atoms with van der Waals surface area (Å²) in [6, 6.07) is 7.59. The third-order valence-corrected chi connectivity index (χ3v) is 4.15. The Morgan fingerprint density at radius 2 is 1.80 bits per heavy atom. The van der Waals surface area contributed by atoms with E-state index >= 15 is 0 Å². The summed E-state index contributed by atoms with van der Waals surface area (Å²) >= 11 is 11.6. The van der Waals surface area contributed by atoms with Gasteiger partial charge in [-0.3, -0.25) is 4.79 Å². The van der Waals surface area contributed by atoms with Crippen molar-refractivity contribution in [2.75, 3.05) is 6.61 Å². The van der Waals surface area contributed by atoms with Crippen molar-refractivity contribution >= 4 is 35.0 Å². The third-order valence-electron chi connectivity index (χ3n) is 3.58. The molecular weight excluding hydrogens is 367 g/mol. The second kappa shape index (κ2) is 8.23. The summed E-state index contributed by atoms with van der Waals surface area (Å²) in [5.41, 5.74) is 1.10. The molecule has 0 aliphatic heterocycles. The van der Waals surface area contributed by atoms with Crippen molar-refractivity contribution in [1.29, 1.82) is 0 Å². The molecule has 0 saturated carbocycles. The van der Waals surface area contributed by atoms with E-state index in [0.717, 1.165) is 0 Å². The topological polar surface area (TPSA) is 83.8 Å². The maximum Gasteiger partial charge on any atom is 0.339 e. The van der Waals surface area contributed by atoms with E-state index < -0.39 is 5.97 Å². The van der Waals surface area contributed by atoms with Gasteiger partial charge in [-0.25, -0.2) is 4.79 Å². The molecule has 0 aliphatic rings.